The third-order valence-electron chi connectivity index (χ3n) is 11.9. The predicted octanol–water partition coefficient (Wildman–Crippen LogP) is 13.7. The lowest BCUT2D eigenvalue weighted by Gasteiger charge is -2.46. The quantitative estimate of drug-likeness (QED) is 0.0626. The molecule has 7 aromatic rings. The fourth-order valence-corrected chi connectivity index (χ4v) is 8.37. The molecule has 0 saturated heterocycles. The Morgan fingerprint density at radius 2 is 0.600 bits per heavy atom. The van der Waals surface area contributed by atoms with Gasteiger partial charge < -0.3 is 0 Å². The van der Waals surface area contributed by atoms with Crippen molar-refractivity contribution in [1.82, 2.24) is 4.98 Å². The average molecular weight is 1170 g/mol. The van der Waals surface area contributed by atoms with Gasteiger partial charge >= 0.3 is 49.4 Å². The molecule has 0 atom stereocenters. The van der Waals surface area contributed by atoms with Gasteiger partial charge in [-0.15, -0.1) is 0 Å². The van der Waals surface area contributed by atoms with Crippen LogP contribution in [0.25, 0.3) is 0 Å². The molecule has 0 spiro atoms. The van der Waals surface area contributed by atoms with Crippen LogP contribution in [0.1, 0.15) is 70.8 Å². The van der Waals surface area contributed by atoms with Gasteiger partial charge in [0, 0.05) is 16.7 Å². The van der Waals surface area contributed by atoms with Crippen LogP contribution in [0.15, 0.2) is 152 Å². The third kappa shape index (κ3) is 14.1. The molecule has 1 aromatic heterocycles. The number of nitrogens with zero attached hydrogens (tertiary/aromatic N) is 2. The van der Waals surface area contributed by atoms with E-state index in [-0.39, 0.29) is 18.1 Å². The van der Waals surface area contributed by atoms with Crippen molar-refractivity contribution in [2.24, 2.45) is 0 Å². The second kappa shape index (κ2) is 21.6. The summed E-state index contributed by atoms with van der Waals surface area (Å²) in [7, 11) is 0. The van der Waals surface area contributed by atoms with Crippen molar-refractivity contribution >= 4 is 39.6 Å². The Morgan fingerprint density at radius 3 is 0.875 bits per heavy atom. The van der Waals surface area contributed by atoms with E-state index in [0.717, 1.165) is 0 Å². The van der Waals surface area contributed by atoms with Gasteiger partial charge in [-0.05, 0) is 30.3 Å². The first-order chi connectivity index (χ1) is 36.5. The fourth-order valence-electron chi connectivity index (χ4n) is 8.37. The highest BCUT2D eigenvalue weighted by atomic mass is 19.4. The molecule has 0 fully saturated rings. The first kappa shape index (κ1) is 61.3. The molecule has 0 saturated carbocycles. The number of rotatable bonds is 9. The first-order valence-corrected chi connectivity index (χ1v) is 21.9. The average Bonchev–Trinajstić information content (AvgIpc) is 3.49. The highest BCUT2D eigenvalue weighted by Crippen LogP contribution is 2.41. The van der Waals surface area contributed by atoms with Crippen molar-refractivity contribution in [2.75, 3.05) is 0 Å². The van der Waals surface area contributed by atoms with Crippen LogP contribution in [0, 0.1) is 0 Å². The lowest BCUT2D eigenvalue weighted by molar-refractivity contribution is -0.683. The van der Waals surface area contributed by atoms with Crippen molar-refractivity contribution in [3.8, 4) is 0 Å². The molecule has 0 N–H and O–H groups in total. The second-order valence-corrected chi connectivity index (χ2v) is 17.3. The van der Waals surface area contributed by atoms with Gasteiger partial charge in [-0.25, -0.2) is 0 Å². The third-order valence-corrected chi connectivity index (χ3v) is 11.9. The van der Waals surface area contributed by atoms with Crippen LogP contribution >= 0.6 is 0 Å². The maximum Gasteiger partial charge on any atom is 0.416 e. The molecule has 424 valence electrons. The summed E-state index contributed by atoms with van der Waals surface area (Å²) in [5.74, 6) is -0.138. The number of alkyl halides is 24. The minimum Gasteiger partial charge on any atom is -0.289 e. The van der Waals surface area contributed by atoms with Gasteiger partial charge in [-0.1, -0.05) is 97.1 Å². The summed E-state index contributed by atoms with van der Waals surface area (Å²) in [6.07, 6.45) is -48.1. The Morgan fingerprint density at radius 1 is 0.338 bits per heavy atom. The summed E-state index contributed by atoms with van der Waals surface area (Å²) < 4.78 is 343. The predicted molar refractivity (Wildman–Crippen MR) is 235 cm³/mol. The minimum absolute atomic E-state index is 0.0519. The van der Waals surface area contributed by atoms with Crippen molar-refractivity contribution in [3.05, 3.63) is 213 Å². The molecule has 6 aromatic carbocycles. The maximum absolute atomic E-state index is 14.2. The molecule has 0 aliphatic heterocycles. The Balaban J connectivity index is 0.000000370. The molecular formula is C51H27BF24N2O2. The molecule has 80 heavy (non-hydrogen) atoms. The van der Waals surface area contributed by atoms with Gasteiger partial charge in [-0.2, -0.15) is 132 Å². The number of hydrogen-bond donors (Lipinski definition) is 0. The smallest absolute Gasteiger partial charge is 0.289 e. The largest absolute Gasteiger partial charge is 0.416 e. The molecule has 0 radical (unpaired) electrons. The van der Waals surface area contributed by atoms with Crippen LogP contribution in [-0.4, -0.2) is 22.7 Å². The van der Waals surface area contributed by atoms with Gasteiger partial charge in [0.1, 0.15) is 6.15 Å². The highest BCUT2D eigenvalue weighted by Gasteiger charge is 2.47. The van der Waals surface area contributed by atoms with Crippen LogP contribution in [0.2, 0.25) is 0 Å². The number of carbonyl (C=O) groups is 2. The summed E-state index contributed by atoms with van der Waals surface area (Å²) in [5, 5.41) is 0. The Kier molecular flexibility index (Phi) is 16.6. The van der Waals surface area contributed by atoms with Gasteiger partial charge in [0.05, 0.1) is 56.9 Å². The first-order valence-electron chi connectivity index (χ1n) is 21.9. The van der Waals surface area contributed by atoms with Crippen LogP contribution in [0.5, 0.6) is 0 Å². The van der Waals surface area contributed by atoms with E-state index >= 15 is 0 Å². The molecule has 0 aliphatic rings. The second-order valence-electron chi connectivity index (χ2n) is 17.3. The molecule has 0 amide bonds. The number of hydrogen-bond acceptors (Lipinski definition) is 3. The maximum atomic E-state index is 14.2. The molecule has 0 aliphatic carbocycles. The van der Waals surface area contributed by atoms with Gasteiger partial charge in [0.25, 0.3) is 0 Å². The van der Waals surface area contributed by atoms with Crippen LogP contribution in [0.4, 0.5) is 105 Å². The number of ketones is 2. The molecule has 7 rings (SSSR count). The zero-order valence-electron chi connectivity index (χ0n) is 39.0. The van der Waals surface area contributed by atoms with Gasteiger partial charge in [0.15, 0.2) is 18.2 Å². The van der Waals surface area contributed by atoms with E-state index < -0.39 is 195 Å². The molecule has 29 heteroatoms. The molecular weight excluding hydrogens is 1140 g/mol. The zero-order chi connectivity index (χ0) is 60.0. The monoisotopic (exact) mass is 1170 g/mol. The van der Waals surface area contributed by atoms with E-state index in [9.17, 15) is 115 Å². The number of aromatic nitrogens is 2. The van der Waals surface area contributed by atoms with E-state index in [4.69, 9.17) is 0 Å². The van der Waals surface area contributed by atoms with Crippen LogP contribution in [0.3, 0.4) is 0 Å². The Hall–Kier alpha value is -7.88. The molecule has 4 nitrogen and oxygen atoms in total. The molecule has 0 bridgehead atoms. The Labute approximate surface area is 432 Å². The fraction of sp³-hybridized carbons (Fsp3) is 0.176. The summed E-state index contributed by atoms with van der Waals surface area (Å²) in [6, 6.07) is 7.08. The van der Waals surface area contributed by atoms with E-state index in [0.29, 0.717) is 16.7 Å². The van der Waals surface area contributed by atoms with Crippen molar-refractivity contribution < 1.29 is 120 Å². The number of benzene rings is 6. The standard InChI is InChI=1S/C32H12BF24.C19H15N2O2/c34-25(35,36)13-1-14(26(37,38)39)6-21(5-13)33(22-7-15(27(40,41)42)2-16(8-22)28(43,44)45,23-9-17(29(46,47)48)3-18(10-23)30(49,50)51)24-11-19(31(52,53)54)4-20(12-24)32(55,56)57;22-18(14-21-11-9-20-10-12-21)16-7-4-8-17(13-16)19(23)15-5-2-1-3-6-15/h1-12H;1-13H,14H2/q-1;+1. The van der Waals surface area contributed by atoms with Gasteiger partial charge in [-0.3, -0.25) is 14.6 Å². The van der Waals surface area contributed by atoms with Crippen molar-refractivity contribution in [3.63, 3.8) is 0 Å². The van der Waals surface area contributed by atoms with E-state index in [1.807, 2.05) is 18.2 Å². The number of Topliss-reactive ketones (excluding diaryl/α,β-unsaturated/α-hetero) is 1. The van der Waals surface area contributed by atoms with Crippen molar-refractivity contribution in [1.29, 1.82) is 0 Å². The Bertz CT molecular complexity index is 2960. The lowest BCUT2D eigenvalue weighted by Crippen LogP contribution is -2.75. The molecule has 0 unspecified atom stereocenters. The normalized spacial score (nSPS) is 13.2. The van der Waals surface area contributed by atoms with Crippen LogP contribution < -0.4 is 26.4 Å². The van der Waals surface area contributed by atoms with Crippen LogP contribution in [-0.2, 0) is 56.0 Å². The van der Waals surface area contributed by atoms with E-state index in [1.54, 1.807) is 65.8 Å². The van der Waals surface area contributed by atoms with E-state index in [1.165, 1.54) is 0 Å². The summed E-state index contributed by atoms with van der Waals surface area (Å²) >= 11 is 0. The van der Waals surface area contributed by atoms with E-state index in [2.05, 4.69) is 4.98 Å². The summed E-state index contributed by atoms with van der Waals surface area (Å²) in [5.41, 5.74) is -28.6. The SMILES string of the molecule is FC(F)(F)c1cc([B-](c2cc(C(F)(F)F)cc(C(F)(F)F)c2)(c2cc(C(F)(F)F)cc(C(F)(F)F)c2)c2cc(C(F)(F)F)cc(C(F)(F)F)c2)cc(C(F)(F)F)c1.O=C(C[n+]1ccncc1)c1cccc(C(=O)c2ccccc2)c1. The number of halogens is 24. The molecule has 1 heterocycles. The van der Waals surface area contributed by atoms with Gasteiger partial charge in [0.2, 0.25) is 12.3 Å². The number of carbonyl (C=O) groups excluding carboxylic acids is 2. The highest BCUT2D eigenvalue weighted by molar-refractivity contribution is 7.20. The zero-order valence-corrected chi connectivity index (χ0v) is 39.0. The summed E-state index contributed by atoms with van der Waals surface area (Å²) in [6.45, 7) is 0.214. The van der Waals surface area contributed by atoms with Crippen molar-refractivity contribution in [2.45, 2.75) is 56.0 Å². The summed E-state index contributed by atoms with van der Waals surface area (Å²) in [4.78, 5) is 28.7. The minimum atomic E-state index is -6.13. The topological polar surface area (TPSA) is 50.9 Å². The lowest BCUT2D eigenvalue weighted by atomic mass is 9.12.